The van der Waals surface area contributed by atoms with Crippen molar-refractivity contribution >= 4 is 11.6 Å². The maximum Gasteiger partial charge on any atom is 0.212 e. The number of ether oxygens (including phenoxy) is 1. The van der Waals surface area contributed by atoms with Gasteiger partial charge < -0.3 is 4.74 Å². The van der Waals surface area contributed by atoms with Gasteiger partial charge in [-0.05, 0) is 86.5 Å². The summed E-state index contributed by atoms with van der Waals surface area (Å²) in [6, 6.07) is 0. The third-order valence-corrected chi connectivity index (χ3v) is 8.67. The summed E-state index contributed by atoms with van der Waals surface area (Å²) in [6.07, 6.45) is 13.0. The van der Waals surface area contributed by atoms with Crippen LogP contribution in [-0.4, -0.2) is 18.2 Å². The van der Waals surface area contributed by atoms with Crippen molar-refractivity contribution in [2.24, 2.45) is 34.5 Å². The fraction of sp³-hybridized carbons (Fsp3) is 0.750. The molecule has 0 bridgehead atoms. The lowest BCUT2D eigenvalue weighted by molar-refractivity contribution is -0.125. The summed E-state index contributed by atoms with van der Waals surface area (Å²) in [5.41, 5.74) is 1.70. The minimum Gasteiger partial charge on any atom is -0.447 e. The van der Waals surface area contributed by atoms with Crippen molar-refractivity contribution in [1.29, 1.82) is 0 Å². The van der Waals surface area contributed by atoms with E-state index in [0.717, 1.165) is 32.1 Å². The Balaban J connectivity index is 1.58. The summed E-state index contributed by atoms with van der Waals surface area (Å²) in [4.78, 5) is 24.7. The van der Waals surface area contributed by atoms with Gasteiger partial charge in [-0.3, -0.25) is 9.59 Å². The molecule has 4 aliphatic carbocycles. The molecule has 3 heteroatoms. The molecule has 27 heavy (non-hydrogen) atoms. The van der Waals surface area contributed by atoms with Crippen molar-refractivity contribution in [3.63, 3.8) is 0 Å². The first-order valence-electron chi connectivity index (χ1n) is 10.8. The van der Waals surface area contributed by atoms with E-state index in [9.17, 15) is 9.59 Å². The molecule has 0 aliphatic heterocycles. The second kappa shape index (κ2) is 6.80. The average molecular weight is 369 g/mol. The number of ketones is 2. The molecule has 3 nitrogen and oxygen atoms in total. The van der Waals surface area contributed by atoms with Crippen molar-refractivity contribution in [3.05, 3.63) is 11.6 Å². The van der Waals surface area contributed by atoms with Gasteiger partial charge in [0.2, 0.25) is 5.78 Å². The summed E-state index contributed by atoms with van der Waals surface area (Å²) in [5.74, 6) is 5.21. The van der Waals surface area contributed by atoms with E-state index >= 15 is 0 Å². The van der Waals surface area contributed by atoms with Crippen molar-refractivity contribution in [3.8, 4) is 12.0 Å². The molecule has 0 heterocycles. The zero-order chi connectivity index (χ0) is 19.2. The third-order valence-electron chi connectivity index (χ3n) is 8.67. The Labute approximate surface area is 163 Å². The summed E-state index contributed by atoms with van der Waals surface area (Å²) in [7, 11) is 0. The highest BCUT2D eigenvalue weighted by molar-refractivity contribution is 5.97. The van der Waals surface area contributed by atoms with Gasteiger partial charge in [0.15, 0.2) is 5.78 Å². The molecule has 146 valence electrons. The van der Waals surface area contributed by atoms with Crippen molar-refractivity contribution < 1.29 is 14.3 Å². The van der Waals surface area contributed by atoms with E-state index in [2.05, 4.69) is 25.9 Å². The SMILES string of the molecule is CCOC#CC(=O)C1CC[C@H]2[C@@H]3CCC4=CC(=O)CC[C@]4(C)[C@H]3CC[C@]12C. The average Bonchev–Trinajstić information content (AvgIpc) is 3.00. The predicted octanol–water partition coefficient (Wildman–Crippen LogP) is 4.70. The molecule has 3 fully saturated rings. The van der Waals surface area contributed by atoms with E-state index in [1.54, 1.807) is 0 Å². The number of fused-ring (bicyclic) bond motifs is 5. The molecule has 1 unspecified atom stereocenters. The number of carbonyl (C=O) groups is 2. The Hall–Kier alpha value is -1.56. The lowest BCUT2D eigenvalue weighted by Gasteiger charge is -2.58. The molecule has 0 radical (unpaired) electrons. The Morgan fingerprint density at radius 2 is 1.96 bits per heavy atom. The zero-order valence-corrected chi connectivity index (χ0v) is 17.0. The third kappa shape index (κ3) is 2.87. The van der Waals surface area contributed by atoms with Crippen molar-refractivity contribution in [2.45, 2.75) is 72.1 Å². The van der Waals surface area contributed by atoms with E-state index < -0.39 is 0 Å². The van der Waals surface area contributed by atoms with Crippen LogP contribution in [0.25, 0.3) is 0 Å². The van der Waals surface area contributed by atoms with E-state index in [4.69, 9.17) is 4.74 Å². The minimum absolute atomic E-state index is 0.0640. The van der Waals surface area contributed by atoms with Crippen molar-refractivity contribution in [1.82, 2.24) is 0 Å². The van der Waals surface area contributed by atoms with Crippen LogP contribution in [-0.2, 0) is 14.3 Å². The number of hydrogen-bond acceptors (Lipinski definition) is 3. The molecular weight excluding hydrogens is 336 g/mol. The summed E-state index contributed by atoms with van der Waals surface area (Å²) < 4.78 is 5.08. The predicted molar refractivity (Wildman–Crippen MR) is 105 cm³/mol. The van der Waals surface area contributed by atoms with Crippen LogP contribution < -0.4 is 0 Å². The first-order valence-corrected chi connectivity index (χ1v) is 10.8. The van der Waals surface area contributed by atoms with Crippen LogP contribution in [0, 0.1) is 46.5 Å². The first-order chi connectivity index (χ1) is 12.9. The van der Waals surface area contributed by atoms with Crippen LogP contribution in [0.4, 0.5) is 0 Å². The molecule has 0 aromatic rings. The summed E-state index contributed by atoms with van der Waals surface area (Å²) >= 11 is 0. The van der Waals surface area contributed by atoms with Gasteiger partial charge in [0.25, 0.3) is 0 Å². The minimum atomic E-state index is 0.0640. The number of carbonyl (C=O) groups excluding carboxylic acids is 2. The quantitative estimate of drug-likeness (QED) is 0.664. The molecule has 0 aromatic heterocycles. The molecule has 3 saturated carbocycles. The Morgan fingerprint density at radius 3 is 2.74 bits per heavy atom. The van der Waals surface area contributed by atoms with Crippen LogP contribution in [0.5, 0.6) is 0 Å². The van der Waals surface area contributed by atoms with Gasteiger partial charge in [-0.1, -0.05) is 19.4 Å². The molecule has 6 atom stereocenters. The smallest absolute Gasteiger partial charge is 0.212 e. The summed E-state index contributed by atoms with van der Waals surface area (Å²) in [6.45, 7) is 7.17. The monoisotopic (exact) mass is 368 g/mol. The summed E-state index contributed by atoms with van der Waals surface area (Å²) in [5, 5.41) is 0. The van der Waals surface area contributed by atoms with Crippen LogP contribution in [0.1, 0.15) is 72.1 Å². The Kier molecular flexibility index (Phi) is 4.73. The lowest BCUT2D eigenvalue weighted by Crippen LogP contribution is -2.51. The fourth-order valence-corrected chi connectivity index (χ4v) is 7.24. The van der Waals surface area contributed by atoms with Crippen molar-refractivity contribution in [2.75, 3.05) is 6.61 Å². The van der Waals surface area contributed by atoms with Gasteiger partial charge in [-0.25, -0.2) is 0 Å². The normalized spacial score (nSPS) is 42.8. The molecule has 4 rings (SSSR count). The van der Waals surface area contributed by atoms with E-state index in [1.165, 1.54) is 18.4 Å². The van der Waals surface area contributed by atoms with Crippen LogP contribution >= 0.6 is 0 Å². The van der Waals surface area contributed by atoms with Gasteiger partial charge in [0, 0.05) is 18.3 Å². The van der Waals surface area contributed by atoms with E-state index in [0.29, 0.717) is 36.6 Å². The zero-order valence-electron chi connectivity index (χ0n) is 17.0. The molecule has 0 aromatic carbocycles. The van der Waals surface area contributed by atoms with Crippen LogP contribution in [0.2, 0.25) is 0 Å². The van der Waals surface area contributed by atoms with E-state index in [1.807, 2.05) is 13.0 Å². The number of rotatable bonds is 2. The first kappa shape index (κ1) is 18.8. The highest BCUT2D eigenvalue weighted by Crippen LogP contribution is 2.66. The van der Waals surface area contributed by atoms with Gasteiger partial charge in [-0.2, -0.15) is 0 Å². The molecule has 0 saturated heterocycles. The maximum atomic E-state index is 12.8. The largest absolute Gasteiger partial charge is 0.447 e. The number of allylic oxidation sites excluding steroid dienone is 1. The van der Waals surface area contributed by atoms with Gasteiger partial charge in [0.05, 0.1) is 6.61 Å². The van der Waals surface area contributed by atoms with Gasteiger partial charge >= 0.3 is 0 Å². The Morgan fingerprint density at radius 1 is 1.15 bits per heavy atom. The van der Waals surface area contributed by atoms with Gasteiger partial charge in [-0.15, -0.1) is 0 Å². The molecule has 0 spiro atoms. The standard InChI is InChI=1S/C24H32O3/c1-4-27-14-11-22(26)21-8-7-19-18-6-5-16-15-17(25)9-12-23(16,2)20(18)10-13-24(19,21)3/h15,18-21H,4-10,12-13H2,1-3H3/t18-,19-,20-,21?,23-,24-/m0/s1. The molecule has 0 amide bonds. The fourth-order valence-electron chi connectivity index (χ4n) is 7.24. The maximum absolute atomic E-state index is 12.8. The second-order valence-electron chi connectivity index (χ2n) is 9.67. The highest BCUT2D eigenvalue weighted by atomic mass is 16.5. The second-order valence-corrected chi connectivity index (χ2v) is 9.67. The van der Waals surface area contributed by atoms with Gasteiger partial charge in [0.1, 0.15) is 6.11 Å². The molecule has 0 N–H and O–H groups in total. The van der Waals surface area contributed by atoms with Crippen LogP contribution in [0.15, 0.2) is 11.6 Å². The highest BCUT2D eigenvalue weighted by Gasteiger charge is 2.60. The number of hydrogen-bond donors (Lipinski definition) is 0. The van der Waals surface area contributed by atoms with E-state index in [-0.39, 0.29) is 22.5 Å². The molecular formula is C24H32O3. The Bertz CT molecular complexity index is 738. The van der Waals surface area contributed by atoms with Crippen LogP contribution in [0.3, 0.4) is 0 Å². The number of Topliss-reactive ketones (excluding diaryl/α,β-unsaturated/α-hetero) is 1. The topological polar surface area (TPSA) is 43.4 Å². The molecule has 4 aliphatic rings. The lowest BCUT2D eigenvalue weighted by atomic mass is 9.46.